The SMILES string of the molecule is NS(=O)(=O)CC1CC(=O)N(c2c(O)nc[nH]c2=O)C1. The van der Waals surface area contributed by atoms with E-state index in [-0.39, 0.29) is 24.4 Å². The van der Waals surface area contributed by atoms with Crippen molar-refractivity contribution in [1.82, 2.24) is 9.97 Å². The van der Waals surface area contributed by atoms with Gasteiger partial charge in [-0.3, -0.25) is 9.59 Å². The third-order valence-corrected chi connectivity index (χ3v) is 3.69. The number of carbonyl (C=O) groups excluding carboxylic acids is 1. The maximum absolute atomic E-state index is 11.8. The summed E-state index contributed by atoms with van der Waals surface area (Å²) in [6.45, 7) is -0.00238. The van der Waals surface area contributed by atoms with E-state index in [1.165, 1.54) is 0 Å². The highest BCUT2D eigenvalue weighted by atomic mass is 32.2. The van der Waals surface area contributed by atoms with E-state index < -0.39 is 33.3 Å². The van der Waals surface area contributed by atoms with Gasteiger partial charge in [-0.25, -0.2) is 18.5 Å². The Balaban J connectivity index is 2.28. The van der Waals surface area contributed by atoms with Gasteiger partial charge in [0.25, 0.3) is 5.56 Å². The fourth-order valence-electron chi connectivity index (χ4n) is 2.06. The average molecular weight is 288 g/mol. The van der Waals surface area contributed by atoms with Crippen LogP contribution in [0.25, 0.3) is 0 Å². The lowest BCUT2D eigenvalue weighted by molar-refractivity contribution is -0.117. The van der Waals surface area contributed by atoms with E-state index in [0.717, 1.165) is 11.2 Å². The van der Waals surface area contributed by atoms with Crippen LogP contribution in [-0.4, -0.2) is 41.7 Å². The molecular weight excluding hydrogens is 276 g/mol. The highest BCUT2D eigenvalue weighted by molar-refractivity contribution is 7.89. The van der Waals surface area contributed by atoms with Gasteiger partial charge in [0, 0.05) is 18.9 Å². The van der Waals surface area contributed by atoms with Crippen molar-refractivity contribution in [2.45, 2.75) is 6.42 Å². The molecule has 0 saturated carbocycles. The van der Waals surface area contributed by atoms with Crippen molar-refractivity contribution >= 4 is 21.6 Å². The van der Waals surface area contributed by atoms with Gasteiger partial charge in [0.15, 0.2) is 5.69 Å². The van der Waals surface area contributed by atoms with Crippen LogP contribution in [0.1, 0.15) is 6.42 Å². The number of anilines is 1. The molecule has 2 heterocycles. The van der Waals surface area contributed by atoms with Gasteiger partial charge in [-0.2, -0.15) is 0 Å². The second kappa shape index (κ2) is 4.63. The second-order valence-corrected chi connectivity index (χ2v) is 5.97. The normalized spacial score (nSPS) is 19.9. The number of nitrogens with one attached hydrogen (secondary N) is 1. The number of aromatic hydroxyl groups is 1. The zero-order valence-electron chi connectivity index (χ0n) is 9.74. The summed E-state index contributed by atoms with van der Waals surface area (Å²) in [6, 6.07) is 0. The number of primary sulfonamides is 1. The van der Waals surface area contributed by atoms with Gasteiger partial charge in [0.1, 0.15) is 0 Å². The Bertz CT molecular complexity index is 667. The molecule has 10 heteroatoms. The molecule has 0 aliphatic carbocycles. The van der Waals surface area contributed by atoms with E-state index in [2.05, 4.69) is 9.97 Å². The van der Waals surface area contributed by atoms with Gasteiger partial charge in [-0.15, -0.1) is 0 Å². The summed E-state index contributed by atoms with van der Waals surface area (Å²) in [6.07, 6.45) is 0.952. The van der Waals surface area contributed by atoms with Crippen molar-refractivity contribution in [1.29, 1.82) is 0 Å². The Hall–Kier alpha value is -1.94. The maximum Gasteiger partial charge on any atom is 0.278 e. The van der Waals surface area contributed by atoms with Gasteiger partial charge in [0.2, 0.25) is 21.8 Å². The van der Waals surface area contributed by atoms with E-state index in [1.807, 2.05) is 0 Å². The van der Waals surface area contributed by atoms with Crippen molar-refractivity contribution < 1.29 is 18.3 Å². The van der Waals surface area contributed by atoms with Crippen LogP contribution in [0.2, 0.25) is 0 Å². The number of nitrogens with zero attached hydrogens (tertiary/aromatic N) is 2. The predicted octanol–water partition coefficient (Wildman–Crippen LogP) is -1.88. The topological polar surface area (TPSA) is 146 Å². The van der Waals surface area contributed by atoms with Crippen molar-refractivity contribution in [3.05, 3.63) is 16.7 Å². The monoisotopic (exact) mass is 288 g/mol. The first kappa shape index (κ1) is 13.5. The number of rotatable bonds is 3. The van der Waals surface area contributed by atoms with Crippen LogP contribution in [0.3, 0.4) is 0 Å². The lowest BCUT2D eigenvalue weighted by atomic mass is 10.1. The molecule has 1 aliphatic heterocycles. The molecule has 1 amide bonds. The van der Waals surface area contributed by atoms with Gasteiger partial charge < -0.3 is 15.0 Å². The molecule has 1 aromatic heterocycles. The zero-order chi connectivity index (χ0) is 14.2. The smallest absolute Gasteiger partial charge is 0.278 e. The summed E-state index contributed by atoms with van der Waals surface area (Å²) in [5.41, 5.74) is -0.943. The number of amides is 1. The summed E-state index contributed by atoms with van der Waals surface area (Å²) < 4.78 is 22.0. The lowest BCUT2D eigenvalue weighted by Gasteiger charge is -2.15. The molecule has 104 valence electrons. The van der Waals surface area contributed by atoms with Crippen LogP contribution in [0.5, 0.6) is 5.88 Å². The van der Waals surface area contributed by atoms with Crippen LogP contribution in [0.4, 0.5) is 5.69 Å². The quantitative estimate of drug-likeness (QED) is 0.593. The van der Waals surface area contributed by atoms with Crippen LogP contribution in [0, 0.1) is 5.92 Å². The highest BCUT2D eigenvalue weighted by Gasteiger charge is 2.35. The minimum Gasteiger partial charge on any atom is -0.492 e. The molecule has 1 atom stereocenters. The number of aromatic nitrogens is 2. The Labute approximate surface area is 108 Å². The van der Waals surface area contributed by atoms with Crippen molar-refractivity contribution in [3.63, 3.8) is 0 Å². The molecule has 19 heavy (non-hydrogen) atoms. The number of carbonyl (C=O) groups is 1. The summed E-state index contributed by atoms with van der Waals surface area (Å²) in [5.74, 6) is -1.90. The first-order valence-corrected chi connectivity index (χ1v) is 7.07. The Morgan fingerprint density at radius 1 is 1.53 bits per heavy atom. The van der Waals surface area contributed by atoms with Gasteiger partial charge >= 0.3 is 0 Å². The molecule has 9 nitrogen and oxygen atoms in total. The largest absolute Gasteiger partial charge is 0.492 e. The third kappa shape index (κ3) is 2.90. The molecule has 0 aromatic carbocycles. The third-order valence-electron chi connectivity index (χ3n) is 2.75. The van der Waals surface area contributed by atoms with Gasteiger partial charge in [-0.05, 0) is 0 Å². The molecular formula is C9H12N4O5S. The molecule has 1 saturated heterocycles. The standard InChI is InChI=1S/C9H12N4O5S/c10-19(17,18)3-5-1-6(14)13(2-5)7-8(15)11-4-12-9(7)16/h4-5H,1-3H2,(H2,10,17,18)(H2,11,12,15,16). The van der Waals surface area contributed by atoms with Crippen LogP contribution < -0.4 is 15.6 Å². The minimum atomic E-state index is -3.70. The van der Waals surface area contributed by atoms with E-state index in [1.54, 1.807) is 0 Å². The van der Waals surface area contributed by atoms with E-state index in [4.69, 9.17) is 5.14 Å². The number of H-pyrrole nitrogens is 1. The molecule has 1 fully saturated rings. The fourth-order valence-corrected chi connectivity index (χ4v) is 2.94. The molecule has 0 bridgehead atoms. The highest BCUT2D eigenvalue weighted by Crippen LogP contribution is 2.27. The molecule has 1 aromatic rings. The molecule has 4 N–H and O–H groups in total. The van der Waals surface area contributed by atoms with Gasteiger partial charge in [0.05, 0.1) is 12.1 Å². The molecule has 0 radical (unpaired) electrons. The summed E-state index contributed by atoms with van der Waals surface area (Å²) >= 11 is 0. The molecule has 0 spiro atoms. The fraction of sp³-hybridized carbons (Fsp3) is 0.444. The zero-order valence-corrected chi connectivity index (χ0v) is 10.6. The first-order valence-electron chi connectivity index (χ1n) is 5.35. The first-order chi connectivity index (χ1) is 8.78. The predicted molar refractivity (Wildman–Crippen MR) is 65.0 cm³/mol. The summed E-state index contributed by atoms with van der Waals surface area (Å²) in [5, 5.41) is 14.4. The van der Waals surface area contributed by atoms with E-state index in [9.17, 15) is 23.1 Å². The molecule has 2 rings (SSSR count). The van der Waals surface area contributed by atoms with E-state index >= 15 is 0 Å². The van der Waals surface area contributed by atoms with Crippen molar-refractivity contribution in [2.24, 2.45) is 11.1 Å². The number of sulfonamides is 1. The molecule has 1 aliphatic rings. The molecule has 1 unspecified atom stereocenters. The summed E-state index contributed by atoms with van der Waals surface area (Å²) in [4.78, 5) is 30.1. The number of hydrogen-bond donors (Lipinski definition) is 3. The minimum absolute atomic E-state index is 0.00238. The number of aromatic amines is 1. The Morgan fingerprint density at radius 2 is 2.21 bits per heavy atom. The number of nitrogens with two attached hydrogens (primary N) is 1. The lowest BCUT2D eigenvalue weighted by Crippen LogP contribution is -2.31. The van der Waals surface area contributed by atoms with Gasteiger partial charge in [-0.1, -0.05) is 0 Å². The maximum atomic E-state index is 11.8. The Kier molecular flexibility index (Phi) is 3.28. The number of hydrogen-bond acceptors (Lipinski definition) is 6. The van der Waals surface area contributed by atoms with Crippen LogP contribution in [0.15, 0.2) is 11.1 Å². The van der Waals surface area contributed by atoms with Crippen LogP contribution >= 0.6 is 0 Å². The van der Waals surface area contributed by atoms with Crippen molar-refractivity contribution in [2.75, 3.05) is 17.2 Å². The van der Waals surface area contributed by atoms with E-state index in [0.29, 0.717) is 0 Å². The Morgan fingerprint density at radius 3 is 2.79 bits per heavy atom. The summed E-state index contributed by atoms with van der Waals surface area (Å²) in [7, 11) is -3.70. The van der Waals surface area contributed by atoms with Crippen molar-refractivity contribution in [3.8, 4) is 5.88 Å². The van der Waals surface area contributed by atoms with Crippen LogP contribution in [-0.2, 0) is 14.8 Å². The second-order valence-electron chi connectivity index (χ2n) is 4.31. The average Bonchev–Trinajstić information content (AvgIpc) is 2.56.